The van der Waals surface area contributed by atoms with Crippen LogP contribution in [0.15, 0.2) is 12.3 Å². The molecule has 2 heterocycles. The van der Waals surface area contributed by atoms with Crippen molar-refractivity contribution in [1.29, 1.82) is 5.41 Å². The van der Waals surface area contributed by atoms with Gasteiger partial charge in [0.05, 0.1) is 17.9 Å². The topological polar surface area (TPSA) is 121 Å². The maximum Gasteiger partial charge on any atom is 0.271 e. The first kappa shape index (κ1) is 13.3. The predicted octanol–water partition coefficient (Wildman–Crippen LogP) is -0.105. The SMILES string of the molecule is CNc1cc(C(=N)N)nn2c(C(=O)NC3CC3F)cnc12. The average molecular weight is 291 g/mol. The molecular formula is C12H14FN7O. The molecule has 5 N–H and O–H groups in total. The minimum absolute atomic E-state index is 0.170. The fourth-order valence-electron chi connectivity index (χ4n) is 1.99. The Bertz CT molecular complexity index is 741. The van der Waals surface area contributed by atoms with Gasteiger partial charge in [-0.25, -0.2) is 13.9 Å². The number of rotatable bonds is 4. The number of hydrogen-bond acceptors (Lipinski definition) is 5. The van der Waals surface area contributed by atoms with Crippen LogP contribution in [0.4, 0.5) is 10.1 Å². The van der Waals surface area contributed by atoms with E-state index in [0.29, 0.717) is 17.8 Å². The summed E-state index contributed by atoms with van der Waals surface area (Å²) in [4.78, 5) is 16.2. The summed E-state index contributed by atoms with van der Waals surface area (Å²) >= 11 is 0. The van der Waals surface area contributed by atoms with Crippen molar-refractivity contribution in [3.05, 3.63) is 23.7 Å². The number of amides is 1. The lowest BCUT2D eigenvalue weighted by Crippen LogP contribution is -2.29. The number of nitrogens with zero attached hydrogens (tertiary/aromatic N) is 3. The van der Waals surface area contributed by atoms with Gasteiger partial charge in [0.1, 0.15) is 17.7 Å². The molecule has 2 unspecified atom stereocenters. The van der Waals surface area contributed by atoms with Crippen molar-refractivity contribution in [1.82, 2.24) is 19.9 Å². The van der Waals surface area contributed by atoms with Gasteiger partial charge < -0.3 is 16.4 Å². The van der Waals surface area contributed by atoms with Gasteiger partial charge in [-0.15, -0.1) is 0 Å². The molecule has 0 spiro atoms. The zero-order valence-electron chi connectivity index (χ0n) is 11.2. The van der Waals surface area contributed by atoms with E-state index >= 15 is 0 Å². The molecule has 1 amide bonds. The van der Waals surface area contributed by atoms with E-state index in [2.05, 4.69) is 20.7 Å². The maximum absolute atomic E-state index is 12.9. The highest BCUT2D eigenvalue weighted by Crippen LogP contribution is 2.25. The first-order valence-electron chi connectivity index (χ1n) is 6.37. The Morgan fingerprint density at radius 2 is 2.33 bits per heavy atom. The fourth-order valence-corrected chi connectivity index (χ4v) is 1.99. The van der Waals surface area contributed by atoms with Gasteiger partial charge in [0, 0.05) is 13.5 Å². The number of imidazole rings is 1. The number of hydrogen-bond donors (Lipinski definition) is 4. The Morgan fingerprint density at radius 3 is 2.90 bits per heavy atom. The van der Waals surface area contributed by atoms with Crippen molar-refractivity contribution in [2.24, 2.45) is 5.73 Å². The molecule has 110 valence electrons. The summed E-state index contributed by atoms with van der Waals surface area (Å²) in [6, 6.07) is 1.13. The molecule has 2 aromatic rings. The molecule has 0 aliphatic heterocycles. The van der Waals surface area contributed by atoms with E-state index in [-0.39, 0.29) is 17.2 Å². The van der Waals surface area contributed by atoms with E-state index in [1.54, 1.807) is 13.1 Å². The number of nitrogen functional groups attached to an aromatic ring is 1. The second-order valence-electron chi connectivity index (χ2n) is 4.82. The highest BCUT2D eigenvalue weighted by Gasteiger charge is 2.39. The molecule has 0 aromatic carbocycles. The van der Waals surface area contributed by atoms with E-state index < -0.39 is 18.1 Å². The van der Waals surface area contributed by atoms with Crippen LogP contribution in [0.1, 0.15) is 22.6 Å². The van der Waals surface area contributed by atoms with Crippen molar-refractivity contribution in [3.63, 3.8) is 0 Å². The number of nitrogens with one attached hydrogen (secondary N) is 3. The van der Waals surface area contributed by atoms with Crippen LogP contribution >= 0.6 is 0 Å². The smallest absolute Gasteiger partial charge is 0.271 e. The predicted molar refractivity (Wildman–Crippen MR) is 74.3 cm³/mol. The van der Waals surface area contributed by atoms with Gasteiger partial charge in [-0.05, 0) is 6.07 Å². The Balaban J connectivity index is 2.04. The van der Waals surface area contributed by atoms with Gasteiger partial charge in [0.2, 0.25) is 0 Å². The fraction of sp³-hybridized carbons (Fsp3) is 0.333. The van der Waals surface area contributed by atoms with Crippen LogP contribution in [0.3, 0.4) is 0 Å². The van der Waals surface area contributed by atoms with Crippen LogP contribution in [0.5, 0.6) is 0 Å². The van der Waals surface area contributed by atoms with Crippen LogP contribution in [0.25, 0.3) is 5.65 Å². The molecule has 1 fully saturated rings. The van der Waals surface area contributed by atoms with Crippen molar-refractivity contribution < 1.29 is 9.18 Å². The lowest BCUT2D eigenvalue weighted by Gasteiger charge is -2.07. The van der Waals surface area contributed by atoms with Gasteiger partial charge in [-0.3, -0.25) is 10.2 Å². The average Bonchev–Trinajstić information content (AvgIpc) is 2.99. The molecule has 2 atom stereocenters. The maximum atomic E-state index is 12.9. The quantitative estimate of drug-likeness (QED) is 0.463. The summed E-state index contributed by atoms with van der Waals surface area (Å²) < 4.78 is 14.2. The summed E-state index contributed by atoms with van der Waals surface area (Å²) in [7, 11) is 1.69. The molecule has 9 heteroatoms. The summed E-state index contributed by atoms with van der Waals surface area (Å²) in [6.07, 6.45) is 0.704. The zero-order chi connectivity index (χ0) is 15.1. The molecule has 1 aliphatic carbocycles. The number of amidine groups is 1. The molecule has 0 saturated heterocycles. The molecule has 3 rings (SSSR count). The number of anilines is 1. The Labute approximate surface area is 119 Å². The summed E-state index contributed by atoms with van der Waals surface area (Å²) in [5, 5.41) is 17.1. The Kier molecular flexibility index (Phi) is 2.96. The van der Waals surface area contributed by atoms with E-state index in [9.17, 15) is 9.18 Å². The molecule has 0 bridgehead atoms. The Hall–Kier alpha value is -2.71. The monoisotopic (exact) mass is 291 g/mol. The largest absolute Gasteiger partial charge is 0.385 e. The van der Waals surface area contributed by atoms with Gasteiger partial charge in [0.25, 0.3) is 5.91 Å². The molecule has 8 nitrogen and oxygen atoms in total. The number of carbonyl (C=O) groups excluding carboxylic acids is 1. The highest BCUT2D eigenvalue weighted by molar-refractivity contribution is 5.96. The number of aromatic nitrogens is 3. The second kappa shape index (κ2) is 4.69. The van der Waals surface area contributed by atoms with Crippen molar-refractivity contribution in [3.8, 4) is 0 Å². The molecule has 21 heavy (non-hydrogen) atoms. The van der Waals surface area contributed by atoms with Crippen LogP contribution < -0.4 is 16.4 Å². The number of fused-ring (bicyclic) bond motifs is 1. The molecule has 1 aliphatic rings. The molecule has 2 aromatic heterocycles. The minimum atomic E-state index is -0.984. The van der Waals surface area contributed by atoms with Gasteiger partial charge in [0.15, 0.2) is 11.3 Å². The molecule has 1 saturated carbocycles. The summed E-state index contributed by atoms with van der Waals surface area (Å²) in [6.45, 7) is 0. The second-order valence-corrected chi connectivity index (χ2v) is 4.82. The van der Waals surface area contributed by atoms with Crippen LogP contribution in [0, 0.1) is 5.41 Å². The van der Waals surface area contributed by atoms with Gasteiger partial charge in [-0.1, -0.05) is 0 Å². The van der Waals surface area contributed by atoms with E-state index in [1.165, 1.54) is 10.7 Å². The van der Waals surface area contributed by atoms with E-state index in [0.717, 1.165) is 0 Å². The highest BCUT2D eigenvalue weighted by atomic mass is 19.1. The van der Waals surface area contributed by atoms with Crippen LogP contribution in [-0.2, 0) is 0 Å². The number of nitrogens with two attached hydrogens (primary N) is 1. The molecular weight excluding hydrogens is 277 g/mol. The van der Waals surface area contributed by atoms with Gasteiger partial charge in [-0.2, -0.15) is 5.10 Å². The number of carbonyl (C=O) groups is 1. The van der Waals surface area contributed by atoms with Crippen molar-refractivity contribution in [2.45, 2.75) is 18.6 Å². The standard InChI is InChI=1S/C12H14FN7O/c1-16-8-3-7(10(14)15)19-20-9(4-17-11(8)20)12(21)18-6-2-5(6)13/h3-6,16H,2H2,1H3,(H3,14,15)(H,18,21). The lowest BCUT2D eigenvalue weighted by atomic mass is 10.3. The van der Waals surface area contributed by atoms with Gasteiger partial charge >= 0.3 is 0 Å². The molecule has 0 radical (unpaired) electrons. The first-order chi connectivity index (χ1) is 10.0. The van der Waals surface area contributed by atoms with E-state index in [1.807, 2.05) is 0 Å². The third-order valence-electron chi connectivity index (χ3n) is 3.27. The normalized spacial score (nSPS) is 20.3. The van der Waals surface area contributed by atoms with E-state index in [4.69, 9.17) is 11.1 Å². The minimum Gasteiger partial charge on any atom is -0.385 e. The Morgan fingerprint density at radius 1 is 1.62 bits per heavy atom. The van der Waals surface area contributed by atoms with Crippen molar-refractivity contribution >= 4 is 23.1 Å². The first-order valence-corrected chi connectivity index (χ1v) is 6.37. The van der Waals surface area contributed by atoms with Crippen molar-refractivity contribution in [2.75, 3.05) is 12.4 Å². The van der Waals surface area contributed by atoms with Crippen LogP contribution in [0.2, 0.25) is 0 Å². The van der Waals surface area contributed by atoms with Crippen LogP contribution in [-0.4, -0.2) is 45.6 Å². The summed E-state index contributed by atoms with van der Waals surface area (Å²) in [5.41, 5.74) is 6.85. The third kappa shape index (κ3) is 2.26. The number of alkyl halides is 1. The third-order valence-corrected chi connectivity index (χ3v) is 3.27. The number of halogens is 1. The summed E-state index contributed by atoms with van der Waals surface area (Å²) in [5.74, 6) is -0.678. The zero-order valence-corrected chi connectivity index (χ0v) is 11.2. The lowest BCUT2D eigenvalue weighted by molar-refractivity contribution is 0.0940.